The highest BCUT2D eigenvalue weighted by Gasteiger charge is 2.33. The summed E-state index contributed by atoms with van der Waals surface area (Å²) in [6.45, 7) is 10.6. The van der Waals surface area contributed by atoms with Crippen molar-refractivity contribution < 1.29 is 4.79 Å². The molecule has 0 aliphatic carbocycles. The molecule has 35 heavy (non-hydrogen) atoms. The Balaban J connectivity index is 1.60. The molecular formula is C30H32N4O. The quantitative estimate of drug-likeness (QED) is 0.379. The van der Waals surface area contributed by atoms with E-state index in [2.05, 4.69) is 86.4 Å². The Kier molecular flexibility index (Phi) is 6.12. The molecule has 5 nitrogen and oxygen atoms in total. The van der Waals surface area contributed by atoms with Crippen molar-refractivity contribution >= 4 is 22.7 Å². The van der Waals surface area contributed by atoms with Gasteiger partial charge in [-0.15, -0.1) is 5.10 Å². The van der Waals surface area contributed by atoms with Crippen molar-refractivity contribution in [2.75, 3.05) is 18.0 Å². The van der Waals surface area contributed by atoms with Crippen molar-refractivity contribution in [1.82, 2.24) is 15.5 Å². The van der Waals surface area contributed by atoms with Gasteiger partial charge >= 0.3 is 0 Å². The Labute approximate surface area is 207 Å². The van der Waals surface area contributed by atoms with Gasteiger partial charge in [0.2, 0.25) is 0 Å². The first-order chi connectivity index (χ1) is 16.9. The summed E-state index contributed by atoms with van der Waals surface area (Å²) in [4.78, 5) is 13.5. The van der Waals surface area contributed by atoms with Crippen LogP contribution < -0.4 is 10.2 Å². The molecule has 2 unspecified atom stereocenters. The molecule has 0 radical (unpaired) electrons. The highest BCUT2D eigenvalue weighted by Crippen LogP contribution is 2.37. The number of piperazine rings is 1. The lowest BCUT2D eigenvalue weighted by atomic mass is 9.86. The molecule has 178 valence electrons. The van der Waals surface area contributed by atoms with Crippen molar-refractivity contribution in [3.05, 3.63) is 89.6 Å². The number of rotatable bonds is 4. The van der Waals surface area contributed by atoms with Crippen molar-refractivity contribution in [1.29, 1.82) is 0 Å². The van der Waals surface area contributed by atoms with Crippen molar-refractivity contribution in [3.63, 3.8) is 0 Å². The van der Waals surface area contributed by atoms with Gasteiger partial charge in [-0.2, -0.15) is 5.10 Å². The standard InChI is InChI=1S/C30H32N4O/c1-20-29(34(18-17-31-20)24-15-9-21(19-35)10-16-24)28-26-8-6-5-7-25(26)27(32-33-28)22-11-13-23(14-12-22)30(2,3)4/h5-16,19-20,29,31H,17-18H2,1-4H3. The second kappa shape index (κ2) is 9.23. The highest BCUT2D eigenvalue weighted by atomic mass is 16.1. The van der Waals surface area contributed by atoms with Crippen LogP contribution in [0.2, 0.25) is 0 Å². The van der Waals surface area contributed by atoms with Gasteiger partial charge in [0.1, 0.15) is 12.0 Å². The van der Waals surface area contributed by atoms with E-state index in [0.717, 1.165) is 52.8 Å². The number of carbonyl (C=O) groups is 1. The van der Waals surface area contributed by atoms with E-state index in [1.165, 1.54) is 5.56 Å². The average Bonchev–Trinajstić information content (AvgIpc) is 2.88. The fourth-order valence-corrected chi connectivity index (χ4v) is 5.04. The predicted molar refractivity (Wildman–Crippen MR) is 143 cm³/mol. The lowest BCUT2D eigenvalue weighted by Gasteiger charge is -2.42. The van der Waals surface area contributed by atoms with E-state index in [1.807, 2.05) is 24.3 Å². The number of nitrogens with one attached hydrogen (secondary N) is 1. The molecule has 2 atom stereocenters. The number of aldehydes is 1. The largest absolute Gasteiger partial charge is 0.360 e. The average molecular weight is 465 g/mol. The molecule has 1 aliphatic heterocycles. The second-order valence-corrected chi connectivity index (χ2v) is 10.4. The molecule has 2 heterocycles. The number of fused-ring (bicyclic) bond motifs is 1. The molecule has 1 fully saturated rings. The minimum atomic E-state index is 0.0144. The molecule has 5 heteroatoms. The number of hydrogen-bond donors (Lipinski definition) is 1. The number of carbonyl (C=O) groups excluding carboxylic acids is 1. The van der Waals surface area contributed by atoms with Gasteiger partial charge in [0, 0.05) is 46.7 Å². The van der Waals surface area contributed by atoms with E-state index in [-0.39, 0.29) is 17.5 Å². The maximum absolute atomic E-state index is 11.2. The van der Waals surface area contributed by atoms with Crippen LogP contribution in [0.4, 0.5) is 5.69 Å². The van der Waals surface area contributed by atoms with Gasteiger partial charge in [0.25, 0.3) is 0 Å². The fourth-order valence-electron chi connectivity index (χ4n) is 5.04. The number of anilines is 1. The van der Waals surface area contributed by atoms with Crippen LogP contribution in [-0.4, -0.2) is 35.6 Å². The van der Waals surface area contributed by atoms with Gasteiger partial charge in [0.15, 0.2) is 0 Å². The van der Waals surface area contributed by atoms with Crippen molar-refractivity contribution in [2.45, 2.75) is 45.2 Å². The maximum atomic E-state index is 11.2. The van der Waals surface area contributed by atoms with E-state index in [4.69, 9.17) is 10.2 Å². The zero-order valence-corrected chi connectivity index (χ0v) is 20.8. The number of aromatic nitrogens is 2. The third kappa shape index (κ3) is 4.44. The third-order valence-corrected chi connectivity index (χ3v) is 7.01. The van der Waals surface area contributed by atoms with Crippen LogP contribution in [0.15, 0.2) is 72.8 Å². The zero-order valence-electron chi connectivity index (χ0n) is 20.8. The molecule has 3 aromatic carbocycles. The summed E-state index contributed by atoms with van der Waals surface area (Å²) in [5.74, 6) is 0. The van der Waals surface area contributed by atoms with E-state index >= 15 is 0 Å². The van der Waals surface area contributed by atoms with Gasteiger partial charge in [-0.1, -0.05) is 69.3 Å². The Bertz CT molecular complexity index is 1340. The maximum Gasteiger partial charge on any atom is 0.150 e. The smallest absolute Gasteiger partial charge is 0.150 e. The zero-order chi connectivity index (χ0) is 24.6. The van der Waals surface area contributed by atoms with Crippen LogP contribution >= 0.6 is 0 Å². The molecule has 1 N–H and O–H groups in total. The van der Waals surface area contributed by atoms with Crippen LogP contribution in [0.5, 0.6) is 0 Å². The molecule has 0 amide bonds. The van der Waals surface area contributed by atoms with Crippen LogP contribution in [-0.2, 0) is 5.41 Å². The first kappa shape index (κ1) is 23.2. The molecule has 1 saturated heterocycles. The Morgan fingerprint density at radius 3 is 2.26 bits per heavy atom. The normalized spacial score (nSPS) is 18.6. The number of benzene rings is 3. The minimum Gasteiger partial charge on any atom is -0.360 e. The van der Waals surface area contributed by atoms with Crippen LogP contribution in [0.3, 0.4) is 0 Å². The topological polar surface area (TPSA) is 58.1 Å². The van der Waals surface area contributed by atoms with Crippen LogP contribution in [0.25, 0.3) is 22.0 Å². The molecule has 5 rings (SSSR count). The van der Waals surface area contributed by atoms with Gasteiger partial charge in [-0.05, 0) is 42.2 Å². The monoisotopic (exact) mass is 464 g/mol. The summed E-state index contributed by atoms with van der Waals surface area (Å²) in [6.07, 6.45) is 0.882. The van der Waals surface area contributed by atoms with Gasteiger partial charge < -0.3 is 10.2 Å². The SMILES string of the molecule is CC1NCCN(c2ccc(C=O)cc2)C1c1nnc(-c2ccc(C(C)(C)C)cc2)c2ccccc12. The van der Waals surface area contributed by atoms with E-state index in [9.17, 15) is 4.79 Å². The summed E-state index contributed by atoms with van der Waals surface area (Å²) in [7, 11) is 0. The molecule has 0 bridgehead atoms. The minimum absolute atomic E-state index is 0.0144. The van der Waals surface area contributed by atoms with Gasteiger partial charge in [0.05, 0.1) is 11.7 Å². The summed E-state index contributed by atoms with van der Waals surface area (Å²) in [5, 5.41) is 15.5. The lowest BCUT2D eigenvalue weighted by Crippen LogP contribution is -2.52. The highest BCUT2D eigenvalue weighted by molar-refractivity contribution is 5.96. The third-order valence-electron chi connectivity index (χ3n) is 7.01. The first-order valence-electron chi connectivity index (χ1n) is 12.3. The van der Waals surface area contributed by atoms with Gasteiger partial charge in [-0.3, -0.25) is 4.79 Å². The molecule has 0 spiro atoms. The first-order valence-corrected chi connectivity index (χ1v) is 12.3. The summed E-state index contributed by atoms with van der Waals surface area (Å²) < 4.78 is 0. The van der Waals surface area contributed by atoms with E-state index in [1.54, 1.807) is 0 Å². The Morgan fingerprint density at radius 2 is 1.60 bits per heavy atom. The molecule has 1 aliphatic rings. The lowest BCUT2D eigenvalue weighted by molar-refractivity contribution is 0.112. The second-order valence-electron chi connectivity index (χ2n) is 10.4. The molecular weight excluding hydrogens is 432 g/mol. The summed E-state index contributed by atoms with van der Waals surface area (Å²) >= 11 is 0. The number of nitrogens with zero attached hydrogens (tertiary/aromatic N) is 3. The number of hydrogen-bond acceptors (Lipinski definition) is 5. The van der Waals surface area contributed by atoms with Crippen molar-refractivity contribution in [3.8, 4) is 11.3 Å². The molecule has 1 aromatic heterocycles. The predicted octanol–water partition coefficient (Wildman–Crippen LogP) is 5.95. The van der Waals surface area contributed by atoms with E-state index in [0.29, 0.717) is 5.56 Å². The Hall–Kier alpha value is -3.57. The fraction of sp³-hybridized carbons (Fsp3) is 0.300. The van der Waals surface area contributed by atoms with Crippen LogP contribution in [0.1, 0.15) is 55.4 Å². The van der Waals surface area contributed by atoms with Gasteiger partial charge in [-0.25, -0.2) is 0 Å². The van der Waals surface area contributed by atoms with Crippen molar-refractivity contribution in [2.24, 2.45) is 0 Å². The molecule has 4 aromatic rings. The molecule has 0 saturated carbocycles. The summed E-state index contributed by atoms with van der Waals surface area (Å²) in [5.41, 5.74) is 6.12. The Morgan fingerprint density at radius 1 is 0.914 bits per heavy atom. The van der Waals surface area contributed by atoms with Crippen LogP contribution in [0, 0.1) is 0 Å². The van der Waals surface area contributed by atoms with E-state index < -0.39 is 0 Å². The summed E-state index contributed by atoms with van der Waals surface area (Å²) in [6, 6.07) is 25.1.